The fourth-order valence-electron chi connectivity index (χ4n) is 3.22. The summed E-state index contributed by atoms with van der Waals surface area (Å²) in [7, 11) is 0. The van der Waals surface area contributed by atoms with Crippen LogP contribution in [-0.4, -0.2) is 10.2 Å². The van der Waals surface area contributed by atoms with Gasteiger partial charge in [-0.05, 0) is 24.1 Å². The van der Waals surface area contributed by atoms with Gasteiger partial charge in [0.15, 0.2) is 0 Å². The first-order valence-corrected chi connectivity index (χ1v) is 10.2. The molecule has 0 aromatic heterocycles. The molecular formula is C22H38O2. The van der Waals surface area contributed by atoms with E-state index in [1.807, 2.05) is 12.1 Å². The van der Waals surface area contributed by atoms with Crippen LogP contribution < -0.4 is 0 Å². The molecule has 0 saturated carbocycles. The number of aromatic hydroxyl groups is 1. The van der Waals surface area contributed by atoms with Crippen LogP contribution >= 0.6 is 0 Å². The quantitative estimate of drug-likeness (QED) is 0.342. The van der Waals surface area contributed by atoms with Gasteiger partial charge in [-0.15, -0.1) is 0 Å². The summed E-state index contributed by atoms with van der Waals surface area (Å²) in [5.41, 5.74) is 0.909. The van der Waals surface area contributed by atoms with Gasteiger partial charge in [-0.1, -0.05) is 103 Å². The fourth-order valence-corrected chi connectivity index (χ4v) is 3.22. The maximum absolute atomic E-state index is 10.1. The van der Waals surface area contributed by atoms with Crippen molar-refractivity contribution in [2.75, 3.05) is 0 Å². The Morgan fingerprint density at radius 2 is 1.08 bits per heavy atom. The van der Waals surface area contributed by atoms with Gasteiger partial charge < -0.3 is 10.2 Å². The Morgan fingerprint density at radius 1 is 0.667 bits per heavy atom. The first-order valence-electron chi connectivity index (χ1n) is 10.2. The molecule has 1 atom stereocenters. The van der Waals surface area contributed by atoms with Gasteiger partial charge in [-0.25, -0.2) is 0 Å². The van der Waals surface area contributed by atoms with Gasteiger partial charge in [0.05, 0.1) is 6.10 Å². The minimum absolute atomic E-state index is 0.256. The third-order valence-electron chi connectivity index (χ3n) is 4.86. The van der Waals surface area contributed by atoms with Crippen LogP contribution in [0.5, 0.6) is 5.75 Å². The van der Waals surface area contributed by atoms with Crippen LogP contribution in [-0.2, 0) is 0 Å². The molecule has 2 nitrogen and oxygen atoms in total. The van der Waals surface area contributed by atoms with E-state index in [0.717, 1.165) is 18.4 Å². The lowest BCUT2D eigenvalue weighted by atomic mass is 10.0. The highest BCUT2D eigenvalue weighted by molar-refractivity contribution is 5.27. The summed E-state index contributed by atoms with van der Waals surface area (Å²) >= 11 is 0. The molecule has 0 fully saturated rings. The summed E-state index contributed by atoms with van der Waals surface area (Å²) in [6, 6.07) is 6.90. The minimum atomic E-state index is -0.390. The maximum Gasteiger partial charge on any atom is 0.115 e. The monoisotopic (exact) mass is 334 g/mol. The molecule has 2 N–H and O–H groups in total. The third-order valence-corrected chi connectivity index (χ3v) is 4.86. The van der Waals surface area contributed by atoms with Crippen LogP contribution in [0.25, 0.3) is 0 Å². The lowest BCUT2D eigenvalue weighted by Gasteiger charge is -2.10. The number of aliphatic hydroxyl groups excluding tert-OH is 1. The molecule has 0 aliphatic carbocycles. The Morgan fingerprint density at radius 3 is 1.54 bits per heavy atom. The van der Waals surface area contributed by atoms with Gasteiger partial charge in [0.2, 0.25) is 0 Å². The first-order chi connectivity index (χ1) is 11.7. The highest BCUT2D eigenvalue weighted by Gasteiger charge is 2.06. The molecule has 1 aromatic rings. The second-order valence-corrected chi connectivity index (χ2v) is 7.14. The molecule has 0 aliphatic heterocycles. The number of benzene rings is 1. The van der Waals surface area contributed by atoms with Crippen LogP contribution in [0.1, 0.15) is 108 Å². The Kier molecular flexibility index (Phi) is 12.6. The van der Waals surface area contributed by atoms with Crippen molar-refractivity contribution >= 4 is 0 Å². The molecule has 0 spiro atoms. The van der Waals surface area contributed by atoms with E-state index in [2.05, 4.69) is 6.92 Å². The van der Waals surface area contributed by atoms with Crippen LogP contribution in [0.3, 0.4) is 0 Å². The Labute approximate surface area is 149 Å². The van der Waals surface area contributed by atoms with E-state index >= 15 is 0 Å². The lowest BCUT2D eigenvalue weighted by Crippen LogP contribution is -1.96. The normalized spacial score (nSPS) is 12.4. The standard InChI is InChI=1S/C22H38O2/c1-2-3-4-5-6-7-8-9-10-11-12-13-14-15-22(24)20-16-18-21(23)19-17-20/h16-19,22-24H,2-15H2,1H3. The summed E-state index contributed by atoms with van der Waals surface area (Å²) < 4.78 is 0. The number of rotatable bonds is 15. The number of phenols is 1. The molecule has 138 valence electrons. The van der Waals surface area contributed by atoms with Crippen molar-refractivity contribution < 1.29 is 10.2 Å². The van der Waals surface area contributed by atoms with E-state index in [4.69, 9.17) is 0 Å². The molecule has 1 unspecified atom stereocenters. The zero-order chi connectivity index (χ0) is 17.5. The highest BCUT2D eigenvalue weighted by Crippen LogP contribution is 2.22. The molecule has 0 aliphatic rings. The Balaban J connectivity index is 1.86. The molecule has 2 heteroatoms. The van der Waals surface area contributed by atoms with Gasteiger partial charge in [0.1, 0.15) is 5.75 Å². The molecule has 24 heavy (non-hydrogen) atoms. The number of phenolic OH excluding ortho intramolecular Hbond substituents is 1. The van der Waals surface area contributed by atoms with E-state index < -0.39 is 6.10 Å². The van der Waals surface area contributed by atoms with Crippen LogP contribution in [0.15, 0.2) is 24.3 Å². The van der Waals surface area contributed by atoms with Crippen LogP contribution in [0.4, 0.5) is 0 Å². The van der Waals surface area contributed by atoms with Gasteiger partial charge >= 0.3 is 0 Å². The van der Waals surface area contributed by atoms with Crippen molar-refractivity contribution in [2.45, 2.75) is 103 Å². The van der Waals surface area contributed by atoms with E-state index in [1.54, 1.807) is 12.1 Å². The third kappa shape index (κ3) is 10.7. The Hall–Kier alpha value is -1.02. The van der Waals surface area contributed by atoms with Gasteiger partial charge in [0.25, 0.3) is 0 Å². The Bertz CT molecular complexity index is 385. The smallest absolute Gasteiger partial charge is 0.115 e. The topological polar surface area (TPSA) is 40.5 Å². The maximum atomic E-state index is 10.1. The second-order valence-electron chi connectivity index (χ2n) is 7.14. The molecule has 0 saturated heterocycles. The predicted octanol–water partition coefficient (Wildman–Crippen LogP) is 6.91. The molecule has 0 heterocycles. The second kappa shape index (κ2) is 14.3. The summed E-state index contributed by atoms with van der Waals surface area (Å²) in [5, 5.41) is 19.4. The molecular weight excluding hydrogens is 296 g/mol. The first kappa shape index (κ1) is 21.0. The summed E-state index contributed by atoms with van der Waals surface area (Å²) in [6.07, 6.45) is 18.0. The van der Waals surface area contributed by atoms with Crippen molar-refractivity contribution in [3.63, 3.8) is 0 Å². The van der Waals surface area contributed by atoms with Crippen molar-refractivity contribution in [1.29, 1.82) is 0 Å². The highest BCUT2D eigenvalue weighted by atomic mass is 16.3. The SMILES string of the molecule is CCCCCCCCCCCCCCCC(O)c1ccc(O)cc1. The summed E-state index contributed by atoms with van der Waals surface area (Å²) in [4.78, 5) is 0. The van der Waals surface area contributed by atoms with Crippen LogP contribution in [0.2, 0.25) is 0 Å². The van der Waals surface area contributed by atoms with E-state index in [0.29, 0.717) is 0 Å². The average molecular weight is 335 g/mol. The van der Waals surface area contributed by atoms with E-state index in [1.165, 1.54) is 77.0 Å². The number of unbranched alkanes of at least 4 members (excludes halogenated alkanes) is 12. The molecule has 1 aromatic carbocycles. The van der Waals surface area contributed by atoms with Crippen molar-refractivity contribution in [1.82, 2.24) is 0 Å². The zero-order valence-corrected chi connectivity index (χ0v) is 15.7. The summed E-state index contributed by atoms with van der Waals surface area (Å²) in [6.45, 7) is 2.27. The van der Waals surface area contributed by atoms with E-state index in [-0.39, 0.29) is 5.75 Å². The van der Waals surface area contributed by atoms with E-state index in [9.17, 15) is 10.2 Å². The number of hydrogen-bond donors (Lipinski definition) is 2. The van der Waals surface area contributed by atoms with Crippen molar-refractivity contribution in [3.05, 3.63) is 29.8 Å². The average Bonchev–Trinajstić information content (AvgIpc) is 2.59. The molecule has 0 radical (unpaired) electrons. The van der Waals surface area contributed by atoms with Crippen molar-refractivity contribution in [2.24, 2.45) is 0 Å². The van der Waals surface area contributed by atoms with Crippen molar-refractivity contribution in [3.8, 4) is 5.75 Å². The number of aliphatic hydroxyl groups is 1. The lowest BCUT2D eigenvalue weighted by molar-refractivity contribution is 0.163. The number of hydrogen-bond acceptors (Lipinski definition) is 2. The van der Waals surface area contributed by atoms with Gasteiger partial charge in [-0.2, -0.15) is 0 Å². The van der Waals surface area contributed by atoms with Crippen LogP contribution in [0, 0.1) is 0 Å². The summed E-state index contributed by atoms with van der Waals surface area (Å²) in [5.74, 6) is 0.256. The minimum Gasteiger partial charge on any atom is -0.508 e. The predicted molar refractivity (Wildman–Crippen MR) is 103 cm³/mol. The molecule has 1 rings (SSSR count). The molecule has 0 bridgehead atoms. The van der Waals surface area contributed by atoms with Gasteiger partial charge in [-0.3, -0.25) is 0 Å². The fraction of sp³-hybridized carbons (Fsp3) is 0.727. The zero-order valence-electron chi connectivity index (χ0n) is 15.7. The largest absolute Gasteiger partial charge is 0.508 e. The molecule has 0 amide bonds. The van der Waals surface area contributed by atoms with Gasteiger partial charge in [0, 0.05) is 0 Å².